The normalized spacial score (nSPS) is 14.6. The van der Waals surface area contributed by atoms with Crippen LogP contribution in [0.15, 0.2) is 18.2 Å². The van der Waals surface area contributed by atoms with Gasteiger partial charge in [0.15, 0.2) is 0 Å². The number of amides is 2. The number of aryl methyl sites for hydroxylation is 1. The summed E-state index contributed by atoms with van der Waals surface area (Å²) in [5.41, 5.74) is 8.08. The van der Waals surface area contributed by atoms with Crippen LogP contribution >= 0.6 is 12.4 Å². The van der Waals surface area contributed by atoms with Crippen molar-refractivity contribution in [2.45, 2.75) is 32.2 Å². The fraction of sp³-hybridized carbons (Fsp3) is 0.429. The number of anilines is 1. The molecule has 4 N–H and O–H groups in total. The summed E-state index contributed by atoms with van der Waals surface area (Å²) >= 11 is 0. The molecule has 1 aromatic carbocycles. The Labute approximate surface area is 124 Å². The fourth-order valence-corrected chi connectivity index (χ4v) is 2.04. The van der Waals surface area contributed by atoms with Gasteiger partial charge < -0.3 is 16.4 Å². The third-order valence-corrected chi connectivity index (χ3v) is 3.15. The Hall–Kier alpha value is -1.59. The maximum atomic E-state index is 11.9. The lowest BCUT2D eigenvalue weighted by molar-refractivity contribution is -0.116. The van der Waals surface area contributed by atoms with Gasteiger partial charge in [-0.25, -0.2) is 0 Å². The Morgan fingerprint density at radius 1 is 1.45 bits per heavy atom. The molecule has 1 aliphatic rings. The first-order chi connectivity index (χ1) is 9.06. The average Bonchev–Trinajstić information content (AvgIpc) is 2.37. The summed E-state index contributed by atoms with van der Waals surface area (Å²) in [7, 11) is 0. The van der Waals surface area contributed by atoms with Gasteiger partial charge in [0.05, 0.1) is 0 Å². The number of hydrogen-bond donors (Lipinski definition) is 3. The number of nitrogens with two attached hydrogens (primary N) is 1. The lowest BCUT2D eigenvalue weighted by Gasteiger charge is -2.17. The summed E-state index contributed by atoms with van der Waals surface area (Å²) in [4.78, 5) is 23.2. The molecule has 0 radical (unpaired) electrons. The molecule has 0 saturated heterocycles. The molecule has 20 heavy (non-hydrogen) atoms. The lowest BCUT2D eigenvalue weighted by atomic mass is 10.00. The van der Waals surface area contributed by atoms with Crippen molar-refractivity contribution < 1.29 is 9.59 Å². The zero-order valence-corrected chi connectivity index (χ0v) is 12.3. The molecule has 110 valence electrons. The topological polar surface area (TPSA) is 84.2 Å². The molecule has 1 unspecified atom stereocenters. The number of carbonyl (C=O) groups is 2. The van der Waals surface area contributed by atoms with E-state index in [-0.39, 0.29) is 30.3 Å². The van der Waals surface area contributed by atoms with E-state index in [1.165, 1.54) is 0 Å². The molecule has 1 atom stereocenters. The van der Waals surface area contributed by atoms with Crippen molar-refractivity contribution in [3.05, 3.63) is 29.3 Å². The van der Waals surface area contributed by atoms with Crippen LogP contribution in [0.4, 0.5) is 5.69 Å². The fourth-order valence-electron chi connectivity index (χ4n) is 2.04. The number of rotatable bonds is 4. The Kier molecular flexibility index (Phi) is 5.98. The highest BCUT2D eigenvalue weighted by molar-refractivity contribution is 5.97. The molecule has 0 saturated carbocycles. The van der Waals surface area contributed by atoms with Gasteiger partial charge >= 0.3 is 0 Å². The molecule has 1 aliphatic heterocycles. The first-order valence-electron chi connectivity index (χ1n) is 6.53. The second kappa shape index (κ2) is 7.26. The largest absolute Gasteiger partial charge is 0.352 e. The number of fused-ring (bicyclic) bond motifs is 1. The standard InChI is InChI=1S/C14H19N3O2.ClH/c1-9(15)6-7-16-14(19)11-2-4-12-10(8-11)3-5-13(18)17-12;/h2,4,8-9H,3,5-7,15H2,1H3,(H,16,19)(H,17,18);1H. The first kappa shape index (κ1) is 16.5. The minimum Gasteiger partial charge on any atom is -0.352 e. The molecular weight excluding hydrogens is 278 g/mol. The van der Waals surface area contributed by atoms with Gasteiger partial charge in [0.2, 0.25) is 5.91 Å². The average molecular weight is 298 g/mol. The van der Waals surface area contributed by atoms with Gasteiger partial charge in [-0.3, -0.25) is 9.59 Å². The van der Waals surface area contributed by atoms with Crippen molar-refractivity contribution in [2.75, 3.05) is 11.9 Å². The lowest BCUT2D eigenvalue weighted by Crippen LogP contribution is -2.29. The first-order valence-corrected chi connectivity index (χ1v) is 6.53. The predicted molar refractivity (Wildman–Crippen MR) is 81.2 cm³/mol. The van der Waals surface area contributed by atoms with Crippen LogP contribution in [0.5, 0.6) is 0 Å². The molecule has 5 nitrogen and oxygen atoms in total. The Bertz CT molecular complexity index is 503. The SMILES string of the molecule is CC(N)CCNC(=O)c1ccc2c(c1)CCC(=O)N2.Cl. The van der Waals surface area contributed by atoms with E-state index in [4.69, 9.17) is 5.73 Å². The molecule has 0 aliphatic carbocycles. The van der Waals surface area contributed by atoms with Crippen LogP contribution in [0.25, 0.3) is 0 Å². The maximum Gasteiger partial charge on any atom is 0.251 e. The van der Waals surface area contributed by atoms with Gasteiger partial charge in [-0.2, -0.15) is 0 Å². The van der Waals surface area contributed by atoms with Gasteiger partial charge in [0.25, 0.3) is 5.91 Å². The van der Waals surface area contributed by atoms with Crippen molar-refractivity contribution in [2.24, 2.45) is 5.73 Å². The van der Waals surface area contributed by atoms with E-state index < -0.39 is 0 Å². The van der Waals surface area contributed by atoms with Crippen LogP contribution in [0.3, 0.4) is 0 Å². The third kappa shape index (κ3) is 4.21. The van der Waals surface area contributed by atoms with Gasteiger partial charge in [-0.05, 0) is 43.5 Å². The Balaban J connectivity index is 0.00000200. The number of benzene rings is 1. The smallest absolute Gasteiger partial charge is 0.251 e. The molecule has 0 fully saturated rings. The van der Waals surface area contributed by atoms with Gasteiger partial charge in [-0.1, -0.05) is 0 Å². The van der Waals surface area contributed by atoms with E-state index in [2.05, 4.69) is 10.6 Å². The summed E-state index contributed by atoms with van der Waals surface area (Å²) in [6, 6.07) is 5.44. The monoisotopic (exact) mass is 297 g/mol. The molecule has 2 amide bonds. The quantitative estimate of drug-likeness (QED) is 0.786. The zero-order chi connectivity index (χ0) is 13.8. The van der Waals surface area contributed by atoms with Gasteiger partial charge in [-0.15, -0.1) is 12.4 Å². The van der Waals surface area contributed by atoms with Crippen molar-refractivity contribution in [3.8, 4) is 0 Å². The van der Waals surface area contributed by atoms with Crippen LogP contribution in [-0.2, 0) is 11.2 Å². The van der Waals surface area contributed by atoms with E-state index in [9.17, 15) is 9.59 Å². The zero-order valence-electron chi connectivity index (χ0n) is 11.4. The van der Waals surface area contributed by atoms with Crippen LogP contribution in [-0.4, -0.2) is 24.4 Å². The summed E-state index contributed by atoms with van der Waals surface area (Å²) in [5, 5.41) is 5.64. The predicted octanol–water partition coefficient (Wildman–Crippen LogP) is 1.46. The van der Waals surface area contributed by atoms with E-state index in [0.29, 0.717) is 24.9 Å². The molecule has 2 rings (SSSR count). The van der Waals surface area contributed by atoms with Crippen LogP contribution in [0.2, 0.25) is 0 Å². The summed E-state index contributed by atoms with van der Waals surface area (Å²) < 4.78 is 0. The highest BCUT2D eigenvalue weighted by atomic mass is 35.5. The number of hydrogen-bond acceptors (Lipinski definition) is 3. The highest BCUT2D eigenvalue weighted by Crippen LogP contribution is 2.23. The minimum absolute atomic E-state index is 0. The molecule has 0 bridgehead atoms. The second-order valence-corrected chi connectivity index (χ2v) is 4.94. The van der Waals surface area contributed by atoms with Crippen LogP contribution < -0.4 is 16.4 Å². The van der Waals surface area contributed by atoms with Gasteiger partial charge in [0.1, 0.15) is 0 Å². The molecule has 1 aromatic rings. The number of carbonyl (C=O) groups excluding carboxylic acids is 2. The second-order valence-electron chi connectivity index (χ2n) is 4.94. The third-order valence-electron chi connectivity index (χ3n) is 3.15. The van der Waals surface area contributed by atoms with Crippen molar-refractivity contribution in [3.63, 3.8) is 0 Å². The molecular formula is C14H20ClN3O2. The molecule has 1 heterocycles. The Morgan fingerprint density at radius 2 is 2.20 bits per heavy atom. The van der Waals surface area contributed by atoms with E-state index >= 15 is 0 Å². The van der Waals surface area contributed by atoms with Crippen molar-refractivity contribution in [1.82, 2.24) is 5.32 Å². The molecule has 6 heteroatoms. The van der Waals surface area contributed by atoms with Gasteiger partial charge in [0, 0.05) is 30.3 Å². The maximum absolute atomic E-state index is 11.9. The van der Waals surface area contributed by atoms with Crippen LogP contribution in [0, 0.1) is 0 Å². The molecule has 0 spiro atoms. The summed E-state index contributed by atoms with van der Waals surface area (Å²) in [6.07, 6.45) is 1.91. The number of halogens is 1. The van der Waals surface area contributed by atoms with Crippen LogP contribution in [0.1, 0.15) is 35.7 Å². The van der Waals surface area contributed by atoms with E-state index in [1.807, 2.05) is 13.0 Å². The minimum atomic E-state index is -0.0969. The highest BCUT2D eigenvalue weighted by Gasteiger charge is 2.16. The van der Waals surface area contributed by atoms with E-state index in [0.717, 1.165) is 17.7 Å². The number of nitrogens with one attached hydrogen (secondary N) is 2. The van der Waals surface area contributed by atoms with E-state index in [1.54, 1.807) is 12.1 Å². The Morgan fingerprint density at radius 3 is 2.90 bits per heavy atom. The van der Waals surface area contributed by atoms with Crippen molar-refractivity contribution in [1.29, 1.82) is 0 Å². The van der Waals surface area contributed by atoms with Crippen molar-refractivity contribution >= 4 is 29.9 Å². The summed E-state index contributed by atoms with van der Waals surface area (Å²) in [5.74, 6) is -0.0676. The summed E-state index contributed by atoms with van der Waals surface area (Å²) in [6.45, 7) is 2.48. The molecule has 0 aromatic heterocycles.